The van der Waals surface area contributed by atoms with Gasteiger partial charge < -0.3 is 5.32 Å². The highest BCUT2D eigenvalue weighted by atomic mass is 16.2. The summed E-state index contributed by atoms with van der Waals surface area (Å²) in [7, 11) is 0. The van der Waals surface area contributed by atoms with Crippen molar-refractivity contribution >= 4 is 18.0 Å². The number of carbonyl (C=O) groups is 2. The van der Waals surface area contributed by atoms with Crippen LogP contribution in [0.15, 0.2) is 4.99 Å². The molecule has 1 aliphatic rings. The van der Waals surface area contributed by atoms with E-state index >= 15 is 0 Å². The summed E-state index contributed by atoms with van der Waals surface area (Å²) in [6, 6.07) is -0.285. The quantitative estimate of drug-likeness (QED) is 0.423. The Morgan fingerprint density at radius 2 is 2.24 bits per heavy atom. The molecule has 6 heteroatoms. The smallest absolute Gasteiger partial charge is 0.324 e. The second kappa shape index (κ2) is 7.57. The number of imide groups is 1. The Bertz CT molecular complexity index is 324. The van der Waals surface area contributed by atoms with E-state index in [0.717, 1.165) is 25.7 Å². The first kappa shape index (κ1) is 13.4. The maximum atomic E-state index is 11.7. The molecule has 0 aromatic rings. The van der Waals surface area contributed by atoms with Crippen molar-refractivity contribution in [2.75, 3.05) is 19.6 Å². The molecule has 1 N–H and O–H groups in total. The van der Waals surface area contributed by atoms with Crippen molar-refractivity contribution in [1.82, 2.24) is 10.2 Å². The van der Waals surface area contributed by atoms with Gasteiger partial charge in [0.05, 0.1) is 6.54 Å². The largest absolute Gasteiger partial charge is 0.338 e. The summed E-state index contributed by atoms with van der Waals surface area (Å²) >= 11 is 0. The number of hydrogen-bond donors (Lipinski definition) is 1. The fraction of sp³-hybridized carbons (Fsp3) is 0.727. The van der Waals surface area contributed by atoms with E-state index in [0.29, 0.717) is 26.1 Å². The van der Waals surface area contributed by atoms with Crippen molar-refractivity contribution in [3.05, 3.63) is 0 Å². The molecule has 1 heterocycles. The Morgan fingerprint density at radius 1 is 1.41 bits per heavy atom. The van der Waals surface area contributed by atoms with Gasteiger partial charge in [0.1, 0.15) is 0 Å². The van der Waals surface area contributed by atoms with E-state index in [9.17, 15) is 14.4 Å². The monoisotopic (exact) mass is 239 g/mol. The summed E-state index contributed by atoms with van der Waals surface area (Å²) in [5.41, 5.74) is 0. The Balaban J connectivity index is 2.15. The van der Waals surface area contributed by atoms with E-state index in [-0.39, 0.29) is 11.9 Å². The molecule has 6 nitrogen and oxygen atoms in total. The molecule has 0 saturated carbocycles. The van der Waals surface area contributed by atoms with Crippen LogP contribution in [0.1, 0.15) is 32.1 Å². The lowest BCUT2D eigenvalue weighted by Gasteiger charge is -2.25. The van der Waals surface area contributed by atoms with Gasteiger partial charge in [0.25, 0.3) is 0 Å². The number of nitrogens with one attached hydrogen (secondary N) is 1. The number of isocyanates is 1. The zero-order valence-electron chi connectivity index (χ0n) is 9.78. The zero-order chi connectivity index (χ0) is 12.5. The van der Waals surface area contributed by atoms with E-state index in [1.54, 1.807) is 0 Å². The molecule has 1 saturated heterocycles. The minimum atomic E-state index is -0.285. The second-order valence-corrected chi connectivity index (χ2v) is 3.91. The van der Waals surface area contributed by atoms with Crippen LogP contribution < -0.4 is 5.32 Å². The zero-order valence-corrected chi connectivity index (χ0v) is 9.78. The van der Waals surface area contributed by atoms with E-state index < -0.39 is 0 Å². The van der Waals surface area contributed by atoms with Crippen LogP contribution in [0, 0.1) is 0 Å². The summed E-state index contributed by atoms with van der Waals surface area (Å²) in [5, 5.41) is 2.64. The maximum absolute atomic E-state index is 11.7. The van der Waals surface area contributed by atoms with Crippen LogP contribution in [0.2, 0.25) is 0 Å². The van der Waals surface area contributed by atoms with Crippen LogP contribution in [0.4, 0.5) is 4.79 Å². The summed E-state index contributed by atoms with van der Waals surface area (Å²) in [4.78, 5) is 37.5. The van der Waals surface area contributed by atoms with Crippen LogP contribution in [-0.4, -0.2) is 42.6 Å². The molecule has 1 rings (SSSR count). The van der Waals surface area contributed by atoms with Crippen LogP contribution in [-0.2, 0) is 9.59 Å². The molecule has 0 atom stereocenters. The molecule has 0 unspecified atom stereocenters. The highest BCUT2D eigenvalue weighted by Crippen LogP contribution is 2.06. The molecule has 0 bridgehead atoms. The molecule has 0 spiro atoms. The summed E-state index contributed by atoms with van der Waals surface area (Å²) in [5.74, 6) is -0.124. The maximum Gasteiger partial charge on any atom is 0.324 e. The molecular weight excluding hydrogens is 222 g/mol. The third-order valence-electron chi connectivity index (χ3n) is 2.61. The molecule has 0 aromatic carbocycles. The molecule has 1 aliphatic heterocycles. The second-order valence-electron chi connectivity index (χ2n) is 3.91. The minimum Gasteiger partial charge on any atom is -0.338 e. The Hall–Kier alpha value is -1.68. The predicted molar refractivity (Wildman–Crippen MR) is 61.2 cm³/mol. The molecule has 0 aliphatic carbocycles. The minimum absolute atomic E-state index is 0.124. The third-order valence-corrected chi connectivity index (χ3v) is 2.61. The number of amides is 3. The van der Waals surface area contributed by atoms with E-state index in [1.165, 1.54) is 11.0 Å². The van der Waals surface area contributed by atoms with Gasteiger partial charge >= 0.3 is 6.03 Å². The normalized spacial score (nSPS) is 15.1. The fourth-order valence-corrected chi connectivity index (χ4v) is 1.69. The van der Waals surface area contributed by atoms with E-state index in [4.69, 9.17) is 0 Å². The number of carbonyl (C=O) groups excluding carboxylic acids is 3. The number of unbranched alkanes of at least 4 members (excludes halogenated alkanes) is 2. The van der Waals surface area contributed by atoms with Crippen LogP contribution in [0.3, 0.4) is 0 Å². The first-order valence-electron chi connectivity index (χ1n) is 5.87. The molecule has 0 radical (unpaired) electrons. The Kier molecular flexibility index (Phi) is 5.96. The molecule has 94 valence electrons. The third kappa shape index (κ3) is 4.78. The lowest BCUT2D eigenvalue weighted by Crippen LogP contribution is -2.49. The highest BCUT2D eigenvalue weighted by molar-refractivity contribution is 5.94. The van der Waals surface area contributed by atoms with E-state index in [1.807, 2.05) is 0 Å². The number of nitrogens with zero attached hydrogens (tertiary/aromatic N) is 2. The van der Waals surface area contributed by atoms with Crippen molar-refractivity contribution in [2.24, 2.45) is 4.99 Å². The van der Waals surface area contributed by atoms with Crippen molar-refractivity contribution < 1.29 is 14.4 Å². The van der Waals surface area contributed by atoms with E-state index in [2.05, 4.69) is 10.3 Å². The van der Waals surface area contributed by atoms with Crippen molar-refractivity contribution in [3.63, 3.8) is 0 Å². The number of aliphatic imine (C=N–C) groups is 1. The van der Waals surface area contributed by atoms with Gasteiger partial charge in [-0.05, 0) is 19.3 Å². The lowest BCUT2D eigenvalue weighted by atomic mass is 10.1. The van der Waals surface area contributed by atoms with Crippen LogP contribution >= 0.6 is 0 Å². The number of hydrogen-bond acceptors (Lipinski definition) is 4. The van der Waals surface area contributed by atoms with Crippen LogP contribution in [0.5, 0.6) is 0 Å². The molecule has 1 fully saturated rings. The van der Waals surface area contributed by atoms with Crippen molar-refractivity contribution in [1.29, 1.82) is 0 Å². The summed E-state index contributed by atoms with van der Waals surface area (Å²) in [6.07, 6.45) is 4.97. The van der Waals surface area contributed by atoms with Crippen molar-refractivity contribution in [3.8, 4) is 0 Å². The average molecular weight is 239 g/mol. The Labute approximate surface area is 100 Å². The number of rotatable bonds is 6. The van der Waals surface area contributed by atoms with Crippen molar-refractivity contribution in [2.45, 2.75) is 32.1 Å². The van der Waals surface area contributed by atoms with Gasteiger partial charge in [0.2, 0.25) is 12.0 Å². The SMILES string of the molecule is O=C=NCCCCCC(=O)N1CCCNC1=O. The standard InChI is InChI=1S/C11H17N3O3/c15-9-12-6-3-1-2-5-10(16)14-8-4-7-13-11(14)17/h1-8H2,(H,13,17). The van der Waals surface area contributed by atoms with Gasteiger partial charge in [-0.2, -0.15) is 0 Å². The first-order valence-corrected chi connectivity index (χ1v) is 5.87. The van der Waals surface area contributed by atoms with Gasteiger partial charge in [-0.1, -0.05) is 6.42 Å². The first-order chi connectivity index (χ1) is 8.25. The topological polar surface area (TPSA) is 78.8 Å². The van der Waals surface area contributed by atoms with Gasteiger partial charge in [-0.3, -0.25) is 9.69 Å². The molecule has 17 heavy (non-hydrogen) atoms. The summed E-state index contributed by atoms with van der Waals surface area (Å²) < 4.78 is 0. The predicted octanol–water partition coefficient (Wildman–Crippen LogP) is 0.825. The van der Waals surface area contributed by atoms with Gasteiger partial charge in [-0.15, -0.1) is 0 Å². The molecular formula is C11H17N3O3. The Morgan fingerprint density at radius 3 is 2.94 bits per heavy atom. The summed E-state index contributed by atoms with van der Waals surface area (Å²) in [6.45, 7) is 1.62. The lowest BCUT2D eigenvalue weighted by molar-refractivity contribution is -0.128. The van der Waals surface area contributed by atoms with Gasteiger partial charge in [-0.25, -0.2) is 14.6 Å². The van der Waals surface area contributed by atoms with Crippen LogP contribution in [0.25, 0.3) is 0 Å². The fourth-order valence-electron chi connectivity index (χ4n) is 1.69. The van der Waals surface area contributed by atoms with Gasteiger partial charge in [0, 0.05) is 19.5 Å². The highest BCUT2D eigenvalue weighted by Gasteiger charge is 2.23. The van der Waals surface area contributed by atoms with Gasteiger partial charge in [0.15, 0.2) is 0 Å². The molecule has 3 amide bonds. The molecule has 0 aromatic heterocycles. The average Bonchev–Trinajstić information content (AvgIpc) is 2.34. The number of urea groups is 1.